The van der Waals surface area contributed by atoms with E-state index in [1.807, 2.05) is 0 Å². The highest BCUT2D eigenvalue weighted by atomic mass is 79.9. The number of aliphatic hydroxyl groups excluding tert-OH is 1. The Morgan fingerprint density at radius 1 is 1.58 bits per heavy atom. The average Bonchev–Trinajstić information content (AvgIpc) is 2.33. The molecule has 0 aromatic carbocycles. The summed E-state index contributed by atoms with van der Waals surface area (Å²) in [7, 11) is 0. The van der Waals surface area contributed by atoms with E-state index in [2.05, 4.69) is 31.9 Å². The van der Waals surface area contributed by atoms with E-state index in [9.17, 15) is 0 Å². The molecule has 3 N–H and O–H groups in total. The zero-order valence-corrected chi connectivity index (χ0v) is 9.43. The van der Waals surface area contributed by atoms with Crippen LogP contribution in [0.4, 0.5) is 0 Å². The molecule has 1 rings (SSSR count). The highest BCUT2D eigenvalue weighted by molar-refractivity contribution is 9.13. The van der Waals surface area contributed by atoms with Crippen molar-refractivity contribution in [2.75, 3.05) is 6.61 Å². The van der Waals surface area contributed by atoms with Gasteiger partial charge in [-0.25, -0.2) is 0 Å². The van der Waals surface area contributed by atoms with Crippen molar-refractivity contribution in [3.05, 3.63) is 21.0 Å². The maximum absolute atomic E-state index is 8.63. The molecule has 1 heterocycles. The lowest BCUT2D eigenvalue weighted by Crippen LogP contribution is -2.10. The van der Waals surface area contributed by atoms with Crippen LogP contribution in [0.15, 0.2) is 19.6 Å². The molecule has 5 heteroatoms. The van der Waals surface area contributed by atoms with Gasteiger partial charge in [0.25, 0.3) is 0 Å². The minimum atomic E-state index is -0.238. The van der Waals surface area contributed by atoms with Gasteiger partial charge in [-0.05, 0) is 44.3 Å². The molecule has 0 aliphatic heterocycles. The Morgan fingerprint density at radius 2 is 2.25 bits per heavy atom. The molecule has 1 unspecified atom stereocenters. The molecule has 1 aromatic heterocycles. The number of hydrogen-bond donors (Lipinski definition) is 2. The molecule has 68 valence electrons. The fourth-order valence-corrected chi connectivity index (χ4v) is 1.44. The summed E-state index contributed by atoms with van der Waals surface area (Å²) in [6.07, 6.45) is 0.506. The van der Waals surface area contributed by atoms with Crippen molar-refractivity contribution in [1.29, 1.82) is 0 Å². The van der Waals surface area contributed by atoms with Gasteiger partial charge in [0.1, 0.15) is 5.76 Å². The molecule has 1 atom stereocenters. The van der Waals surface area contributed by atoms with E-state index in [1.54, 1.807) is 6.07 Å². The second-order valence-corrected chi connectivity index (χ2v) is 3.96. The Bertz CT molecular complexity index is 242. The van der Waals surface area contributed by atoms with Gasteiger partial charge < -0.3 is 15.3 Å². The maximum Gasteiger partial charge on any atom is 0.183 e. The first kappa shape index (κ1) is 10.2. The van der Waals surface area contributed by atoms with Crippen LogP contribution in [-0.4, -0.2) is 11.7 Å². The highest BCUT2D eigenvalue weighted by Gasteiger charge is 2.12. The summed E-state index contributed by atoms with van der Waals surface area (Å²) in [4.78, 5) is 0. The monoisotopic (exact) mass is 297 g/mol. The molecular formula is C7H9Br2NO2. The van der Waals surface area contributed by atoms with Crippen LogP contribution in [0, 0.1) is 0 Å². The van der Waals surface area contributed by atoms with Crippen molar-refractivity contribution < 1.29 is 9.52 Å². The van der Waals surface area contributed by atoms with Crippen LogP contribution in [0.2, 0.25) is 0 Å². The molecule has 0 fully saturated rings. The Balaban J connectivity index is 2.74. The SMILES string of the molecule is NC(CCO)c1cc(Br)c(Br)o1. The van der Waals surface area contributed by atoms with E-state index < -0.39 is 0 Å². The van der Waals surface area contributed by atoms with Gasteiger partial charge in [-0.1, -0.05) is 0 Å². The molecule has 0 radical (unpaired) electrons. The second-order valence-electron chi connectivity index (χ2n) is 2.39. The predicted octanol–water partition coefficient (Wildman–Crippen LogP) is 2.19. The van der Waals surface area contributed by atoms with Gasteiger partial charge in [0, 0.05) is 6.61 Å². The Morgan fingerprint density at radius 3 is 2.67 bits per heavy atom. The van der Waals surface area contributed by atoms with Crippen LogP contribution in [0.5, 0.6) is 0 Å². The number of hydrogen-bond acceptors (Lipinski definition) is 3. The lowest BCUT2D eigenvalue weighted by Gasteiger charge is -2.04. The normalized spacial score (nSPS) is 13.3. The second kappa shape index (κ2) is 4.41. The topological polar surface area (TPSA) is 59.4 Å². The van der Waals surface area contributed by atoms with Gasteiger partial charge in [0.05, 0.1) is 10.5 Å². The first-order chi connectivity index (χ1) is 5.65. The number of rotatable bonds is 3. The fourth-order valence-electron chi connectivity index (χ4n) is 0.827. The van der Waals surface area contributed by atoms with Crippen LogP contribution in [-0.2, 0) is 0 Å². The minimum absolute atomic E-state index is 0.0666. The van der Waals surface area contributed by atoms with Crippen molar-refractivity contribution in [2.24, 2.45) is 5.73 Å². The van der Waals surface area contributed by atoms with Crippen LogP contribution in [0.25, 0.3) is 0 Å². The smallest absolute Gasteiger partial charge is 0.183 e. The average molecular weight is 299 g/mol. The molecule has 0 aliphatic rings. The summed E-state index contributed by atoms with van der Waals surface area (Å²) in [5, 5.41) is 8.63. The van der Waals surface area contributed by atoms with Gasteiger partial charge in [-0.2, -0.15) is 0 Å². The first-order valence-electron chi connectivity index (χ1n) is 3.46. The molecule has 3 nitrogen and oxygen atoms in total. The summed E-state index contributed by atoms with van der Waals surface area (Å²) in [6.45, 7) is 0.0666. The number of nitrogens with two attached hydrogens (primary N) is 1. The fraction of sp³-hybridized carbons (Fsp3) is 0.429. The summed E-state index contributed by atoms with van der Waals surface area (Å²) in [5.41, 5.74) is 5.69. The largest absolute Gasteiger partial charge is 0.451 e. The van der Waals surface area contributed by atoms with Gasteiger partial charge >= 0.3 is 0 Å². The molecule has 0 saturated heterocycles. The lowest BCUT2D eigenvalue weighted by atomic mass is 10.2. The van der Waals surface area contributed by atoms with Crippen molar-refractivity contribution in [1.82, 2.24) is 0 Å². The third kappa shape index (κ3) is 2.32. The summed E-state index contributed by atoms with van der Waals surface area (Å²) >= 11 is 6.48. The molecular weight excluding hydrogens is 290 g/mol. The van der Waals surface area contributed by atoms with Crippen LogP contribution in [0.3, 0.4) is 0 Å². The van der Waals surface area contributed by atoms with E-state index in [1.165, 1.54) is 0 Å². The number of halogens is 2. The number of furan rings is 1. The molecule has 0 aliphatic carbocycles. The first-order valence-corrected chi connectivity index (χ1v) is 5.05. The molecule has 0 bridgehead atoms. The third-order valence-electron chi connectivity index (χ3n) is 1.47. The van der Waals surface area contributed by atoms with E-state index in [0.29, 0.717) is 16.9 Å². The highest BCUT2D eigenvalue weighted by Crippen LogP contribution is 2.29. The summed E-state index contributed by atoms with van der Waals surface area (Å²) in [5.74, 6) is 0.669. The number of aliphatic hydroxyl groups is 1. The van der Waals surface area contributed by atoms with Crippen LogP contribution < -0.4 is 5.73 Å². The molecule has 0 spiro atoms. The Kier molecular flexibility index (Phi) is 3.77. The standard InChI is InChI=1S/C7H9Br2NO2/c8-4-3-6(12-7(4)9)5(10)1-2-11/h3,5,11H,1-2,10H2. The quantitative estimate of drug-likeness (QED) is 0.899. The van der Waals surface area contributed by atoms with E-state index in [4.69, 9.17) is 15.3 Å². The van der Waals surface area contributed by atoms with E-state index in [0.717, 1.165) is 4.47 Å². The van der Waals surface area contributed by atoms with Crippen LogP contribution in [0.1, 0.15) is 18.2 Å². The van der Waals surface area contributed by atoms with Crippen molar-refractivity contribution in [3.63, 3.8) is 0 Å². The maximum atomic E-state index is 8.63. The van der Waals surface area contributed by atoms with Gasteiger partial charge in [0.2, 0.25) is 0 Å². The van der Waals surface area contributed by atoms with Gasteiger partial charge in [-0.3, -0.25) is 0 Å². The summed E-state index contributed by atoms with van der Waals surface area (Å²) in [6, 6.07) is 1.56. The van der Waals surface area contributed by atoms with Crippen molar-refractivity contribution in [3.8, 4) is 0 Å². The van der Waals surface area contributed by atoms with Crippen molar-refractivity contribution >= 4 is 31.9 Å². The molecule has 0 amide bonds. The molecule has 1 aromatic rings. The third-order valence-corrected chi connectivity index (χ3v) is 3.18. The zero-order valence-electron chi connectivity index (χ0n) is 6.26. The molecule has 12 heavy (non-hydrogen) atoms. The predicted molar refractivity (Wildman–Crippen MR) is 52.7 cm³/mol. The van der Waals surface area contributed by atoms with Crippen molar-refractivity contribution in [2.45, 2.75) is 12.5 Å². The molecule has 0 saturated carbocycles. The van der Waals surface area contributed by atoms with Crippen LogP contribution >= 0.6 is 31.9 Å². The minimum Gasteiger partial charge on any atom is -0.451 e. The zero-order chi connectivity index (χ0) is 9.14. The van der Waals surface area contributed by atoms with E-state index in [-0.39, 0.29) is 12.6 Å². The van der Waals surface area contributed by atoms with Gasteiger partial charge in [0.15, 0.2) is 4.67 Å². The lowest BCUT2D eigenvalue weighted by molar-refractivity contribution is 0.268. The Hall–Kier alpha value is 0.160. The van der Waals surface area contributed by atoms with Gasteiger partial charge in [-0.15, -0.1) is 0 Å². The summed E-state index contributed by atoms with van der Waals surface area (Å²) < 4.78 is 6.73. The Labute approximate surface area is 87.2 Å². The van der Waals surface area contributed by atoms with E-state index >= 15 is 0 Å².